The standard InChI is InChI=1S/C15H12N4O2/c1-18-10-6-5-7-11-8(14(20)17-13(7)16)3-4-9(12(10)11)15(21)19(18)2/h3-6H,1-2H3,(H2,16,17,20). The molecule has 0 aliphatic heterocycles. The highest BCUT2D eigenvalue weighted by atomic mass is 16.1. The van der Waals surface area contributed by atoms with Crippen molar-refractivity contribution in [2.75, 3.05) is 5.73 Å². The van der Waals surface area contributed by atoms with Crippen molar-refractivity contribution < 1.29 is 0 Å². The fourth-order valence-corrected chi connectivity index (χ4v) is 3.02. The number of anilines is 1. The first kappa shape index (κ1) is 11.9. The second-order valence-electron chi connectivity index (χ2n) is 5.20. The van der Waals surface area contributed by atoms with Crippen molar-refractivity contribution in [3.05, 3.63) is 45.0 Å². The molecular formula is C15H12N4O2. The summed E-state index contributed by atoms with van der Waals surface area (Å²) in [6.07, 6.45) is 0. The Morgan fingerprint density at radius 3 is 2.33 bits per heavy atom. The average molecular weight is 280 g/mol. The summed E-state index contributed by atoms with van der Waals surface area (Å²) in [6, 6.07) is 7.08. The topological polar surface area (TPSA) is 82.9 Å². The van der Waals surface area contributed by atoms with Crippen LogP contribution >= 0.6 is 0 Å². The smallest absolute Gasteiger partial charge is 0.279 e. The number of rotatable bonds is 0. The van der Waals surface area contributed by atoms with Gasteiger partial charge in [0.25, 0.3) is 11.1 Å². The van der Waals surface area contributed by atoms with Crippen LogP contribution in [0.1, 0.15) is 0 Å². The second-order valence-corrected chi connectivity index (χ2v) is 5.20. The summed E-state index contributed by atoms with van der Waals surface area (Å²) >= 11 is 0. The van der Waals surface area contributed by atoms with Gasteiger partial charge in [0, 0.05) is 30.3 Å². The van der Waals surface area contributed by atoms with Gasteiger partial charge in [-0.3, -0.25) is 19.0 Å². The van der Waals surface area contributed by atoms with Gasteiger partial charge in [-0.25, -0.2) is 0 Å². The molecule has 21 heavy (non-hydrogen) atoms. The van der Waals surface area contributed by atoms with Crippen molar-refractivity contribution in [1.29, 1.82) is 0 Å². The summed E-state index contributed by atoms with van der Waals surface area (Å²) in [5.41, 5.74) is 6.27. The fraction of sp³-hybridized carbons (Fsp3) is 0.133. The summed E-state index contributed by atoms with van der Waals surface area (Å²) in [6.45, 7) is 0. The van der Waals surface area contributed by atoms with Crippen molar-refractivity contribution in [2.24, 2.45) is 14.1 Å². The summed E-state index contributed by atoms with van der Waals surface area (Å²) in [5, 5.41) is 3.26. The van der Waals surface area contributed by atoms with E-state index in [2.05, 4.69) is 4.98 Å². The van der Waals surface area contributed by atoms with Crippen LogP contribution in [0.25, 0.3) is 32.4 Å². The first-order chi connectivity index (χ1) is 10.0. The highest BCUT2D eigenvalue weighted by Gasteiger charge is 2.17. The van der Waals surface area contributed by atoms with Crippen molar-refractivity contribution in [2.45, 2.75) is 0 Å². The van der Waals surface area contributed by atoms with Gasteiger partial charge in [0.2, 0.25) is 0 Å². The Balaban J connectivity index is 2.54. The number of hydrogen-bond acceptors (Lipinski definition) is 4. The third-order valence-electron chi connectivity index (χ3n) is 4.19. The summed E-state index contributed by atoms with van der Waals surface area (Å²) in [5.74, 6) is 0.199. The molecule has 0 aliphatic rings. The highest BCUT2D eigenvalue weighted by Crippen LogP contribution is 2.32. The van der Waals surface area contributed by atoms with Crippen molar-refractivity contribution in [3.63, 3.8) is 0 Å². The van der Waals surface area contributed by atoms with Gasteiger partial charge in [-0.2, -0.15) is 4.98 Å². The van der Waals surface area contributed by atoms with E-state index in [4.69, 9.17) is 5.73 Å². The van der Waals surface area contributed by atoms with Crippen LogP contribution in [0.3, 0.4) is 0 Å². The van der Waals surface area contributed by atoms with Crippen LogP contribution in [0.5, 0.6) is 0 Å². The Bertz CT molecular complexity index is 1150. The van der Waals surface area contributed by atoms with Gasteiger partial charge in [0.1, 0.15) is 5.82 Å². The number of nitrogens with two attached hydrogens (primary N) is 1. The van der Waals surface area contributed by atoms with E-state index in [9.17, 15) is 9.59 Å². The molecule has 0 saturated carbocycles. The summed E-state index contributed by atoms with van der Waals surface area (Å²) in [7, 11) is 3.53. The monoisotopic (exact) mass is 280 g/mol. The maximum absolute atomic E-state index is 12.4. The fourth-order valence-electron chi connectivity index (χ4n) is 3.02. The van der Waals surface area contributed by atoms with Gasteiger partial charge in [-0.15, -0.1) is 0 Å². The lowest BCUT2D eigenvalue weighted by Gasteiger charge is -2.16. The molecule has 0 amide bonds. The molecule has 0 fully saturated rings. The molecule has 0 atom stereocenters. The molecule has 2 heterocycles. The molecule has 2 aromatic carbocycles. The molecule has 2 N–H and O–H groups in total. The SMILES string of the molecule is Cn1c(=O)c2ccc3c(=O)nc(N)c4ccc(c2c43)n1C. The molecule has 0 aliphatic carbocycles. The minimum Gasteiger partial charge on any atom is -0.383 e. The molecule has 2 aromatic heterocycles. The Morgan fingerprint density at radius 1 is 0.905 bits per heavy atom. The zero-order valence-electron chi connectivity index (χ0n) is 11.5. The number of aryl methyl sites for hydroxylation is 1. The predicted octanol–water partition coefficient (Wildman–Crippen LogP) is 0.959. The van der Waals surface area contributed by atoms with E-state index < -0.39 is 0 Å². The van der Waals surface area contributed by atoms with Gasteiger partial charge in [0.15, 0.2) is 0 Å². The minimum absolute atomic E-state index is 0.109. The van der Waals surface area contributed by atoms with Crippen molar-refractivity contribution in [3.8, 4) is 0 Å². The largest absolute Gasteiger partial charge is 0.383 e. The van der Waals surface area contributed by atoms with Crippen LogP contribution in [-0.4, -0.2) is 14.3 Å². The minimum atomic E-state index is -0.363. The van der Waals surface area contributed by atoms with Gasteiger partial charge in [-0.05, 0) is 24.3 Å². The molecule has 6 nitrogen and oxygen atoms in total. The predicted molar refractivity (Wildman–Crippen MR) is 82.8 cm³/mol. The lowest BCUT2D eigenvalue weighted by molar-refractivity contribution is 0.580. The van der Waals surface area contributed by atoms with E-state index in [1.165, 1.54) is 0 Å². The van der Waals surface area contributed by atoms with Crippen molar-refractivity contribution in [1.82, 2.24) is 14.3 Å². The normalized spacial score (nSPS) is 11.9. The first-order valence-electron chi connectivity index (χ1n) is 6.51. The molecule has 6 heteroatoms. The molecule has 0 radical (unpaired) electrons. The first-order valence-corrected chi connectivity index (χ1v) is 6.51. The molecule has 0 saturated heterocycles. The van der Waals surface area contributed by atoms with Gasteiger partial charge in [-0.1, -0.05) is 0 Å². The Hall–Kier alpha value is -2.89. The van der Waals surface area contributed by atoms with E-state index in [1.54, 1.807) is 28.5 Å². The third-order valence-corrected chi connectivity index (χ3v) is 4.19. The maximum Gasteiger partial charge on any atom is 0.279 e. The van der Waals surface area contributed by atoms with Crippen molar-refractivity contribution >= 4 is 38.3 Å². The van der Waals surface area contributed by atoms with Crippen LogP contribution in [0.4, 0.5) is 5.82 Å². The lowest BCUT2D eigenvalue weighted by atomic mass is 9.98. The molecular weight excluding hydrogens is 268 g/mol. The summed E-state index contributed by atoms with van der Waals surface area (Å²) < 4.78 is 3.31. The number of benzene rings is 2. The molecule has 0 spiro atoms. The zero-order chi connectivity index (χ0) is 14.9. The molecule has 0 unspecified atom stereocenters. The Labute approximate surface area is 118 Å². The number of pyridine rings is 1. The number of nitrogen functional groups attached to an aromatic ring is 1. The van der Waals surface area contributed by atoms with Crippen LogP contribution in [0.2, 0.25) is 0 Å². The van der Waals surface area contributed by atoms with Crippen LogP contribution in [0.15, 0.2) is 33.9 Å². The van der Waals surface area contributed by atoms with Crippen LogP contribution < -0.4 is 16.9 Å². The molecule has 4 aromatic rings. The summed E-state index contributed by atoms with van der Waals surface area (Å²) in [4.78, 5) is 28.4. The molecule has 104 valence electrons. The third kappa shape index (κ3) is 1.29. The van der Waals surface area contributed by atoms with Gasteiger partial charge >= 0.3 is 0 Å². The molecule has 4 rings (SSSR count). The van der Waals surface area contributed by atoms with E-state index in [1.807, 2.05) is 19.2 Å². The van der Waals surface area contributed by atoms with Gasteiger partial charge in [0.05, 0.1) is 16.3 Å². The quantitative estimate of drug-likeness (QED) is 0.486. The lowest BCUT2D eigenvalue weighted by Crippen LogP contribution is -2.26. The van der Waals surface area contributed by atoms with Crippen LogP contribution in [0, 0.1) is 0 Å². The van der Waals surface area contributed by atoms with E-state index in [0.717, 1.165) is 16.3 Å². The van der Waals surface area contributed by atoms with E-state index in [0.29, 0.717) is 16.2 Å². The van der Waals surface area contributed by atoms with Crippen LogP contribution in [-0.2, 0) is 14.1 Å². The van der Waals surface area contributed by atoms with Gasteiger partial charge < -0.3 is 5.73 Å². The van der Waals surface area contributed by atoms with E-state index in [-0.39, 0.29) is 16.9 Å². The molecule has 0 bridgehead atoms. The maximum atomic E-state index is 12.4. The van der Waals surface area contributed by atoms with E-state index >= 15 is 0 Å². The second kappa shape index (κ2) is 3.60. The number of aromatic nitrogens is 3. The Morgan fingerprint density at radius 2 is 1.57 bits per heavy atom. The Kier molecular flexibility index (Phi) is 2.04. The zero-order valence-corrected chi connectivity index (χ0v) is 11.5. The number of nitrogens with zero attached hydrogens (tertiary/aromatic N) is 3. The number of hydrogen-bond donors (Lipinski definition) is 1. The highest BCUT2D eigenvalue weighted by molar-refractivity contribution is 6.23. The average Bonchev–Trinajstić information content (AvgIpc) is 2.48.